The molecule has 2 N–H and O–H groups in total. The summed E-state index contributed by atoms with van der Waals surface area (Å²) in [6.45, 7) is 6.37. The maximum absolute atomic E-state index is 5.12. The number of nitrogens with one attached hydrogen (secondary N) is 2. The molecule has 0 saturated heterocycles. The summed E-state index contributed by atoms with van der Waals surface area (Å²) in [5, 5.41) is 7.83. The number of guanidine groups is 1. The smallest absolute Gasteiger partial charge is 0.191 e. The van der Waals surface area contributed by atoms with Crippen molar-refractivity contribution in [2.75, 3.05) is 20.7 Å². The lowest BCUT2D eigenvalue weighted by atomic mass is 10.1. The molecule has 138 valence electrons. The summed E-state index contributed by atoms with van der Waals surface area (Å²) in [4.78, 5) is 10.1. The third-order valence-corrected chi connectivity index (χ3v) is 4.85. The van der Waals surface area contributed by atoms with Crippen molar-refractivity contribution in [3.63, 3.8) is 0 Å². The zero-order valence-electron chi connectivity index (χ0n) is 15.3. The van der Waals surface area contributed by atoms with Gasteiger partial charge in [-0.3, -0.25) is 4.99 Å². The SMILES string of the molecule is CN=C(NCCc1nc(C)c(C)s1)NCc1ccc(COC)cc1.I. The molecule has 2 rings (SSSR count). The number of rotatable bonds is 7. The van der Waals surface area contributed by atoms with Crippen LogP contribution in [0.15, 0.2) is 29.3 Å². The number of aryl methyl sites for hydroxylation is 2. The zero-order chi connectivity index (χ0) is 17.4. The first-order valence-electron chi connectivity index (χ1n) is 8.06. The van der Waals surface area contributed by atoms with Gasteiger partial charge in [0.05, 0.1) is 17.3 Å². The quantitative estimate of drug-likeness (QED) is 0.367. The minimum absolute atomic E-state index is 0. The highest BCUT2D eigenvalue weighted by molar-refractivity contribution is 14.0. The molecule has 0 aliphatic rings. The van der Waals surface area contributed by atoms with Gasteiger partial charge in [0.15, 0.2) is 5.96 Å². The molecule has 0 fully saturated rings. The monoisotopic (exact) mass is 474 g/mol. The average Bonchev–Trinajstić information content (AvgIpc) is 2.90. The largest absolute Gasteiger partial charge is 0.380 e. The zero-order valence-corrected chi connectivity index (χ0v) is 18.4. The number of thiazole rings is 1. The molecule has 2 aromatic rings. The Morgan fingerprint density at radius 2 is 1.84 bits per heavy atom. The van der Waals surface area contributed by atoms with E-state index in [0.717, 1.165) is 31.2 Å². The molecule has 0 unspecified atom stereocenters. The Bertz CT molecular complexity index is 651. The van der Waals surface area contributed by atoms with Gasteiger partial charge in [0.1, 0.15) is 0 Å². The first-order valence-corrected chi connectivity index (χ1v) is 8.88. The average molecular weight is 474 g/mol. The van der Waals surface area contributed by atoms with Gasteiger partial charge in [0, 0.05) is 38.5 Å². The molecule has 0 amide bonds. The Kier molecular flexibility index (Phi) is 9.99. The van der Waals surface area contributed by atoms with Gasteiger partial charge in [0.25, 0.3) is 0 Å². The van der Waals surface area contributed by atoms with Crippen LogP contribution in [0.1, 0.15) is 26.7 Å². The summed E-state index contributed by atoms with van der Waals surface area (Å²) in [5.74, 6) is 0.806. The third kappa shape index (κ3) is 7.29. The van der Waals surface area contributed by atoms with Crippen LogP contribution in [0.4, 0.5) is 0 Å². The van der Waals surface area contributed by atoms with E-state index in [4.69, 9.17) is 4.74 Å². The van der Waals surface area contributed by atoms with E-state index in [-0.39, 0.29) is 24.0 Å². The van der Waals surface area contributed by atoms with Crippen LogP contribution in [0.5, 0.6) is 0 Å². The first kappa shape index (κ1) is 21.9. The number of benzene rings is 1. The van der Waals surface area contributed by atoms with E-state index in [0.29, 0.717) is 6.61 Å². The summed E-state index contributed by atoms with van der Waals surface area (Å²) in [6, 6.07) is 8.39. The molecule has 25 heavy (non-hydrogen) atoms. The van der Waals surface area contributed by atoms with Gasteiger partial charge in [0.2, 0.25) is 0 Å². The van der Waals surface area contributed by atoms with E-state index in [1.165, 1.54) is 21.0 Å². The van der Waals surface area contributed by atoms with Crippen LogP contribution in [-0.4, -0.2) is 31.6 Å². The lowest BCUT2D eigenvalue weighted by Gasteiger charge is -2.11. The fraction of sp³-hybridized carbons (Fsp3) is 0.444. The predicted molar refractivity (Wildman–Crippen MR) is 116 cm³/mol. The van der Waals surface area contributed by atoms with Gasteiger partial charge in [-0.1, -0.05) is 24.3 Å². The number of aromatic nitrogens is 1. The second-order valence-electron chi connectivity index (χ2n) is 5.60. The van der Waals surface area contributed by atoms with Gasteiger partial charge < -0.3 is 15.4 Å². The van der Waals surface area contributed by atoms with E-state index >= 15 is 0 Å². The van der Waals surface area contributed by atoms with Crippen LogP contribution < -0.4 is 10.6 Å². The third-order valence-electron chi connectivity index (χ3n) is 3.72. The number of halogens is 1. The Hall–Kier alpha value is -1.19. The Morgan fingerprint density at radius 3 is 2.40 bits per heavy atom. The molecule has 0 spiro atoms. The molecule has 1 aromatic carbocycles. The first-order chi connectivity index (χ1) is 11.6. The lowest BCUT2D eigenvalue weighted by molar-refractivity contribution is 0.185. The number of methoxy groups -OCH3 is 1. The molecule has 0 bridgehead atoms. The fourth-order valence-electron chi connectivity index (χ4n) is 2.26. The molecule has 0 aliphatic heterocycles. The molecule has 1 heterocycles. The van der Waals surface area contributed by atoms with Crippen molar-refractivity contribution >= 4 is 41.3 Å². The van der Waals surface area contributed by atoms with Gasteiger partial charge in [-0.05, 0) is 25.0 Å². The van der Waals surface area contributed by atoms with Crippen molar-refractivity contribution < 1.29 is 4.74 Å². The summed E-state index contributed by atoms with van der Waals surface area (Å²) in [7, 11) is 3.49. The molecule has 0 atom stereocenters. The van der Waals surface area contributed by atoms with Gasteiger partial charge in [-0.25, -0.2) is 4.98 Å². The molecule has 0 radical (unpaired) electrons. The summed E-state index contributed by atoms with van der Waals surface area (Å²) >= 11 is 1.77. The number of hydrogen-bond donors (Lipinski definition) is 2. The highest BCUT2D eigenvalue weighted by Crippen LogP contribution is 2.16. The van der Waals surface area contributed by atoms with Crippen molar-refractivity contribution in [1.29, 1.82) is 0 Å². The van der Waals surface area contributed by atoms with Gasteiger partial charge in [-0.2, -0.15) is 0 Å². The van der Waals surface area contributed by atoms with Gasteiger partial charge in [-0.15, -0.1) is 35.3 Å². The molecule has 0 aliphatic carbocycles. The summed E-state index contributed by atoms with van der Waals surface area (Å²) < 4.78 is 5.12. The highest BCUT2D eigenvalue weighted by Gasteiger charge is 2.04. The standard InChI is InChI=1S/C18H26N4OS.HI/c1-13-14(2)24-17(22-13)9-10-20-18(19-3)21-11-15-5-7-16(8-6-15)12-23-4;/h5-8H,9-12H2,1-4H3,(H2,19,20,21);1H. The van der Waals surface area contributed by atoms with Crippen molar-refractivity contribution in [1.82, 2.24) is 15.6 Å². The number of ether oxygens (including phenoxy) is 1. The maximum Gasteiger partial charge on any atom is 0.191 e. The Morgan fingerprint density at radius 1 is 1.16 bits per heavy atom. The van der Waals surface area contributed by atoms with Crippen LogP contribution in [0.25, 0.3) is 0 Å². The van der Waals surface area contributed by atoms with E-state index < -0.39 is 0 Å². The number of nitrogens with zero attached hydrogens (tertiary/aromatic N) is 2. The van der Waals surface area contributed by atoms with Crippen LogP contribution >= 0.6 is 35.3 Å². The van der Waals surface area contributed by atoms with Crippen LogP contribution in [0, 0.1) is 13.8 Å². The molecule has 7 heteroatoms. The normalized spacial score (nSPS) is 11.1. The number of aliphatic imine (C=N–C) groups is 1. The minimum Gasteiger partial charge on any atom is -0.380 e. The molecule has 5 nitrogen and oxygen atoms in total. The number of hydrogen-bond acceptors (Lipinski definition) is 4. The molecule has 0 saturated carbocycles. The lowest BCUT2D eigenvalue weighted by Crippen LogP contribution is -2.37. The topological polar surface area (TPSA) is 58.5 Å². The van der Waals surface area contributed by atoms with E-state index in [1.54, 1.807) is 25.5 Å². The van der Waals surface area contributed by atoms with Crippen LogP contribution in [-0.2, 0) is 24.3 Å². The van der Waals surface area contributed by atoms with Crippen molar-refractivity contribution in [3.05, 3.63) is 51.0 Å². The van der Waals surface area contributed by atoms with E-state index in [1.807, 2.05) is 0 Å². The summed E-state index contributed by atoms with van der Waals surface area (Å²) in [5.41, 5.74) is 3.52. The van der Waals surface area contributed by atoms with Crippen LogP contribution in [0.3, 0.4) is 0 Å². The van der Waals surface area contributed by atoms with Crippen LogP contribution in [0.2, 0.25) is 0 Å². The van der Waals surface area contributed by atoms with Crippen molar-refractivity contribution in [3.8, 4) is 0 Å². The highest BCUT2D eigenvalue weighted by atomic mass is 127. The van der Waals surface area contributed by atoms with Crippen molar-refractivity contribution in [2.45, 2.75) is 33.4 Å². The second-order valence-corrected chi connectivity index (χ2v) is 6.89. The molecule has 1 aromatic heterocycles. The molecular weight excluding hydrogens is 447 g/mol. The van der Waals surface area contributed by atoms with Gasteiger partial charge >= 0.3 is 0 Å². The fourth-order valence-corrected chi connectivity index (χ4v) is 3.19. The second kappa shape index (κ2) is 11.4. The Labute approximate surface area is 171 Å². The predicted octanol–water partition coefficient (Wildman–Crippen LogP) is 3.43. The van der Waals surface area contributed by atoms with E-state index in [2.05, 4.69) is 58.7 Å². The van der Waals surface area contributed by atoms with E-state index in [9.17, 15) is 0 Å². The van der Waals surface area contributed by atoms with Crippen molar-refractivity contribution in [2.24, 2.45) is 4.99 Å². The maximum atomic E-state index is 5.12. The molecular formula is C18H27IN4OS. The Balaban J connectivity index is 0.00000312. The summed E-state index contributed by atoms with van der Waals surface area (Å²) in [6.07, 6.45) is 0.908. The minimum atomic E-state index is 0.